The van der Waals surface area contributed by atoms with E-state index in [0.717, 1.165) is 19.5 Å². The number of nitrogens with zero attached hydrogens (tertiary/aromatic N) is 1. The van der Waals surface area contributed by atoms with E-state index in [9.17, 15) is 9.59 Å². The van der Waals surface area contributed by atoms with Crippen LogP contribution in [-0.4, -0.2) is 47.5 Å². The number of carbonyl (C=O) groups excluding carboxylic acids is 2. The largest absolute Gasteiger partial charge is 0.341 e. The zero-order valence-corrected chi connectivity index (χ0v) is 10.5. The molecule has 2 rings (SSSR count). The van der Waals surface area contributed by atoms with Gasteiger partial charge in [-0.1, -0.05) is 11.8 Å². The molecule has 2 aliphatic heterocycles. The zero-order valence-electron chi connectivity index (χ0n) is 8.85. The highest BCUT2D eigenvalue weighted by molar-refractivity contribution is 8.14. The van der Waals surface area contributed by atoms with Gasteiger partial charge in [0.1, 0.15) is 6.04 Å². The summed E-state index contributed by atoms with van der Waals surface area (Å²) in [6, 6.07) is -0.320. The molecular weight excluding hydrogens is 250 g/mol. The number of halogens is 1. The molecule has 0 spiro atoms. The molecule has 1 unspecified atom stereocenters. The van der Waals surface area contributed by atoms with Crippen molar-refractivity contribution in [2.45, 2.75) is 12.5 Å². The first-order valence-electron chi connectivity index (χ1n) is 5.13. The van der Waals surface area contributed by atoms with Crippen molar-refractivity contribution >= 4 is 35.3 Å². The molecule has 0 aromatic rings. The van der Waals surface area contributed by atoms with Crippen LogP contribution in [0.3, 0.4) is 0 Å². The van der Waals surface area contributed by atoms with E-state index in [1.165, 1.54) is 11.8 Å². The first kappa shape index (κ1) is 13.6. The summed E-state index contributed by atoms with van der Waals surface area (Å²) in [5.41, 5.74) is 5.56. The van der Waals surface area contributed by atoms with Gasteiger partial charge in [-0.15, -0.1) is 12.4 Å². The normalized spacial score (nSPS) is 28.8. The number of hydrogen-bond acceptors (Lipinski definition) is 4. The quantitative estimate of drug-likeness (QED) is 0.739. The molecule has 2 heterocycles. The van der Waals surface area contributed by atoms with Crippen LogP contribution in [0.15, 0.2) is 0 Å². The van der Waals surface area contributed by atoms with Crippen molar-refractivity contribution in [2.24, 2.45) is 11.7 Å². The third-order valence-electron chi connectivity index (χ3n) is 2.90. The second-order valence-electron chi connectivity index (χ2n) is 3.97. The average Bonchev–Trinajstić information content (AvgIpc) is 2.84. The fourth-order valence-corrected chi connectivity index (χ4v) is 2.73. The average molecular weight is 266 g/mol. The third kappa shape index (κ3) is 2.81. The SMILES string of the molecule is Cl.NCC1CCN(C(=O)[C@@H]2CSC(=O)N2)C1. The molecule has 0 aromatic heterocycles. The number of amides is 2. The lowest BCUT2D eigenvalue weighted by molar-refractivity contribution is -0.131. The lowest BCUT2D eigenvalue weighted by Gasteiger charge is -2.19. The van der Waals surface area contributed by atoms with E-state index in [4.69, 9.17) is 5.73 Å². The lowest BCUT2D eigenvalue weighted by Crippen LogP contribution is -2.44. The highest BCUT2D eigenvalue weighted by Crippen LogP contribution is 2.19. The van der Waals surface area contributed by atoms with E-state index < -0.39 is 0 Å². The molecule has 2 saturated heterocycles. The highest BCUT2D eigenvalue weighted by Gasteiger charge is 2.34. The number of nitrogens with two attached hydrogens (primary N) is 1. The van der Waals surface area contributed by atoms with Crippen LogP contribution in [0.5, 0.6) is 0 Å². The molecule has 0 radical (unpaired) electrons. The Labute approximate surface area is 105 Å². The van der Waals surface area contributed by atoms with Gasteiger partial charge >= 0.3 is 0 Å². The fraction of sp³-hybridized carbons (Fsp3) is 0.778. The van der Waals surface area contributed by atoms with Crippen LogP contribution in [0.4, 0.5) is 4.79 Å². The van der Waals surface area contributed by atoms with E-state index in [2.05, 4.69) is 5.32 Å². The van der Waals surface area contributed by atoms with Gasteiger partial charge < -0.3 is 16.0 Å². The molecule has 0 aromatic carbocycles. The van der Waals surface area contributed by atoms with Gasteiger partial charge in [0.25, 0.3) is 5.24 Å². The molecule has 2 aliphatic rings. The Kier molecular flexibility index (Phi) is 4.89. The summed E-state index contributed by atoms with van der Waals surface area (Å²) in [7, 11) is 0. The van der Waals surface area contributed by atoms with Crippen LogP contribution in [0.1, 0.15) is 6.42 Å². The summed E-state index contributed by atoms with van der Waals surface area (Å²) in [5.74, 6) is 1.03. The number of hydrogen-bond donors (Lipinski definition) is 2. The maximum Gasteiger partial charge on any atom is 0.279 e. The predicted molar refractivity (Wildman–Crippen MR) is 65.8 cm³/mol. The van der Waals surface area contributed by atoms with Crippen molar-refractivity contribution in [1.29, 1.82) is 0 Å². The summed E-state index contributed by atoms with van der Waals surface area (Å²) < 4.78 is 0. The van der Waals surface area contributed by atoms with Gasteiger partial charge in [-0.3, -0.25) is 9.59 Å². The van der Waals surface area contributed by atoms with Gasteiger partial charge in [0, 0.05) is 18.8 Å². The van der Waals surface area contributed by atoms with Gasteiger partial charge in [-0.25, -0.2) is 0 Å². The highest BCUT2D eigenvalue weighted by atomic mass is 35.5. The molecule has 16 heavy (non-hydrogen) atoms. The maximum atomic E-state index is 11.9. The van der Waals surface area contributed by atoms with Crippen molar-refractivity contribution in [2.75, 3.05) is 25.4 Å². The van der Waals surface area contributed by atoms with E-state index in [1.807, 2.05) is 4.90 Å². The molecule has 2 fully saturated rings. The molecule has 0 bridgehead atoms. The van der Waals surface area contributed by atoms with Gasteiger partial charge in [0.05, 0.1) is 0 Å². The van der Waals surface area contributed by atoms with Gasteiger partial charge in [-0.05, 0) is 18.9 Å². The molecule has 92 valence electrons. The van der Waals surface area contributed by atoms with Crippen molar-refractivity contribution < 1.29 is 9.59 Å². The van der Waals surface area contributed by atoms with Crippen molar-refractivity contribution in [1.82, 2.24) is 10.2 Å². The zero-order chi connectivity index (χ0) is 10.8. The van der Waals surface area contributed by atoms with E-state index in [0.29, 0.717) is 18.2 Å². The number of nitrogens with one attached hydrogen (secondary N) is 1. The third-order valence-corrected chi connectivity index (χ3v) is 3.78. The van der Waals surface area contributed by atoms with Crippen LogP contribution >= 0.6 is 24.2 Å². The maximum absolute atomic E-state index is 11.9. The molecule has 0 saturated carbocycles. The summed E-state index contributed by atoms with van der Waals surface area (Å²) in [6.45, 7) is 2.15. The number of rotatable bonds is 2. The Morgan fingerprint density at radius 1 is 1.62 bits per heavy atom. The van der Waals surface area contributed by atoms with Gasteiger partial charge in [0.15, 0.2) is 0 Å². The monoisotopic (exact) mass is 265 g/mol. The van der Waals surface area contributed by atoms with Crippen LogP contribution < -0.4 is 11.1 Å². The summed E-state index contributed by atoms with van der Waals surface area (Å²) >= 11 is 1.18. The Morgan fingerprint density at radius 3 is 2.88 bits per heavy atom. The van der Waals surface area contributed by atoms with E-state index >= 15 is 0 Å². The number of thioether (sulfide) groups is 1. The molecule has 3 N–H and O–H groups in total. The first-order valence-corrected chi connectivity index (χ1v) is 6.11. The van der Waals surface area contributed by atoms with Crippen LogP contribution in [0, 0.1) is 5.92 Å². The second-order valence-corrected chi connectivity index (χ2v) is 4.96. The van der Waals surface area contributed by atoms with E-state index in [1.54, 1.807) is 0 Å². The Balaban J connectivity index is 0.00000128. The van der Waals surface area contributed by atoms with Gasteiger partial charge in [-0.2, -0.15) is 0 Å². The van der Waals surface area contributed by atoms with Crippen LogP contribution in [-0.2, 0) is 4.79 Å². The summed E-state index contributed by atoms with van der Waals surface area (Å²) in [4.78, 5) is 24.7. The van der Waals surface area contributed by atoms with Crippen molar-refractivity contribution in [3.05, 3.63) is 0 Å². The minimum atomic E-state index is -0.320. The van der Waals surface area contributed by atoms with Crippen LogP contribution in [0.2, 0.25) is 0 Å². The summed E-state index contributed by atoms with van der Waals surface area (Å²) in [5, 5.41) is 2.57. The minimum Gasteiger partial charge on any atom is -0.341 e. The van der Waals surface area contributed by atoms with E-state index in [-0.39, 0.29) is 29.6 Å². The Bertz CT molecular complexity index is 290. The molecule has 5 nitrogen and oxygen atoms in total. The van der Waals surface area contributed by atoms with Gasteiger partial charge in [0.2, 0.25) is 5.91 Å². The van der Waals surface area contributed by atoms with Crippen molar-refractivity contribution in [3.8, 4) is 0 Å². The second kappa shape index (κ2) is 5.75. The molecule has 2 amide bonds. The lowest BCUT2D eigenvalue weighted by atomic mass is 10.1. The summed E-state index contributed by atoms with van der Waals surface area (Å²) in [6.07, 6.45) is 0.982. The molecule has 0 aliphatic carbocycles. The number of likely N-dealkylation sites (tertiary alicyclic amines) is 1. The smallest absolute Gasteiger partial charge is 0.279 e. The predicted octanol–water partition coefficient (Wildman–Crippen LogP) is 0.0404. The molecular formula is C9H16ClN3O2S. The Morgan fingerprint density at radius 2 is 2.38 bits per heavy atom. The van der Waals surface area contributed by atoms with Crippen molar-refractivity contribution in [3.63, 3.8) is 0 Å². The van der Waals surface area contributed by atoms with Crippen LogP contribution in [0.25, 0.3) is 0 Å². The Hall–Kier alpha value is -0.460. The fourth-order valence-electron chi connectivity index (χ4n) is 1.96. The first-order chi connectivity index (χ1) is 7.20. The minimum absolute atomic E-state index is 0. The molecule has 7 heteroatoms. The number of carbonyl (C=O) groups is 2. The molecule has 2 atom stereocenters. The topological polar surface area (TPSA) is 75.4 Å². The standard InChI is InChI=1S/C9H15N3O2S.ClH/c10-3-6-1-2-12(4-6)8(13)7-5-15-9(14)11-7;/h6-7H,1-5,10H2,(H,11,14);1H/t6?,7-;/m0./s1.